The van der Waals surface area contributed by atoms with E-state index in [0.717, 1.165) is 0 Å². The number of thiophene rings is 1. The minimum absolute atomic E-state index is 0.0244. The molecule has 0 nitrogen and oxygen atoms in total. The Balaban J connectivity index is 2.01. The van der Waals surface area contributed by atoms with Gasteiger partial charge in [0.25, 0.3) is 0 Å². The summed E-state index contributed by atoms with van der Waals surface area (Å²) in [4.78, 5) is 1.41. The van der Waals surface area contributed by atoms with E-state index in [-0.39, 0.29) is 15.9 Å². The molecule has 4 rings (SSSR count). The first kappa shape index (κ1) is 14.5. The largest absolute Gasteiger partial charge is 0.187 e. The maximum absolute atomic E-state index is 2.32. The maximum atomic E-state index is 2.32. The van der Waals surface area contributed by atoms with E-state index in [0.29, 0.717) is 0 Å². The first-order valence-corrected chi connectivity index (χ1v) is 9.31. The lowest BCUT2D eigenvalue weighted by Gasteiger charge is -2.18. The van der Waals surface area contributed by atoms with Crippen LogP contribution in [0.25, 0.3) is 25.1 Å². The summed E-state index contributed by atoms with van der Waals surface area (Å²) in [6.07, 6.45) is 0. The number of rotatable bonds is 1. The first-order chi connectivity index (χ1) is 11.1. The monoisotopic (exact) mass is 317 g/mol. The number of hydrogen-bond donors (Lipinski definition) is 0. The summed E-state index contributed by atoms with van der Waals surface area (Å²) in [7, 11) is 0.0244. The molecule has 0 saturated heterocycles. The molecular formula is C22H21S+. The quantitative estimate of drug-likeness (QED) is 0.331. The van der Waals surface area contributed by atoms with Gasteiger partial charge in [-0.15, -0.1) is 0 Å². The van der Waals surface area contributed by atoms with Crippen molar-refractivity contribution in [3.8, 4) is 4.90 Å². The Kier molecular flexibility index (Phi) is 3.28. The zero-order chi connectivity index (χ0) is 16.0. The van der Waals surface area contributed by atoms with Crippen molar-refractivity contribution in [3.05, 3.63) is 78.4 Å². The van der Waals surface area contributed by atoms with E-state index in [4.69, 9.17) is 0 Å². The number of benzene rings is 3. The van der Waals surface area contributed by atoms with Crippen molar-refractivity contribution in [1.29, 1.82) is 0 Å². The topological polar surface area (TPSA) is 0 Å². The molecule has 0 saturated carbocycles. The summed E-state index contributed by atoms with van der Waals surface area (Å²) in [5, 5.41) is 2.79. The van der Waals surface area contributed by atoms with E-state index in [1.807, 2.05) is 0 Å². The highest BCUT2D eigenvalue weighted by atomic mass is 32.2. The molecule has 0 amide bonds. The van der Waals surface area contributed by atoms with Crippen LogP contribution in [0.5, 0.6) is 0 Å². The van der Waals surface area contributed by atoms with E-state index in [2.05, 4.69) is 93.6 Å². The van der Waals surface area contributed by atoms with Crippen molar-refractivity contribution in [2.75, 3.05) is 0 Å². The van der Waals surface area contributed by atoms with Gasteiger partial charge in [0.2, 0.25) is 0 Å². The molecule has 1 aromatic heterocycles. The second-order valence-corrected chi connectivity index (χ2v) is 9.04. The van der Waals surface area contributed by atoms with Crippen LogP contribution in [0.3, 0.4) is 0 Å². The van der Waals surface area contributed by atoms with Crippen LogP contribution >= 0.6 is 10.5 Å². The highest BCUT2D eigenvalue weighted by Crippen LogP contribution is 2.48. The summed E-state index contributed by atoms with van der Waals surface area (Å²) in [5.41, 5.74) is 1.60. The molecule has 0 bridgehead atoms. The van der Waals surface area contributed by atoms with E-state index in [1.54, 1.807) is 0 Å². The zero-order valence-electron chi connectivity index (χ0n) is 13.8. The molecule has 0 radical (unpaired) electrons. The predicted octanol–water partition coefficient (Wildman–Crippen LogP) is 7.03. The Morgan fingerprint density at radius 2 is 1.09 bits per heavy atom. The van der Waals surface area contributed by atoms with Gasteiger partial charge in [-0.25, -0.2) is 0 Å². The van der Waals surface area contributed by atoms with Crippen LogP contribution in [0.1, 0.15) is 26.3 Å². The lowest BCUT2D eigenvalue weighted by Crippen LogP contribution is -2.10. The Morgan fingerprint density at radius 3 is 1.57 bits per heavy atom. The fourth-order valence-electron chi connectivity index (χ4n) is 3.20. The minimum Gasteiger partial charge on any atom is -0.0612 e. The molecule has 1 heteroatoms. The van der Waals surface area contributed by atoms with Gasteiger partial charge in [0, 0.05) is 21.2 Å². The van der Waals surface area contributed by atoms with Crippen molar-refractivity contribution in [2.45, 2.75) is 26.2 Å². The molecule has 0 unspecified atom stereocenters. The fourth-order valence-corrected chi connectivity index (χ4v) is 5.58. The van der Waals surface area contributed by atoms with Crippen LogP contribution in [-0.4, -0.2) is 0 Å². The molecule has 0 atom stereocenters. The molecule has 0 aliphatic rings. The summed E-state index contributed by atoms with van der Waals surface area (Å²) in [5.74, 6) is 0. The van der Waals surface area contributed by atoms with Gasteiger partial charge in [-0.05, 0) is 47.4 Å². The lowest BCUT2D eigenvalue weighted by molar-refractivity contribution is 0.590. The van der Waals surface area contributed by atoms with Gasteiger partial charge < -0.3 is 0 Å². The molecule has 0 spiro atoms. The summed E-state index contributed by atoms with van der Waals surface area (Å²) in [6, 6.07) is 26.9. The van der Waals surface area contributed by atoms with E-state index < -0.39 is 0 Å². The Bertz CT molecular complexity index is 929. The average molecular weight is 317 g/mol. The third-order valence-corrected chi connectivity index (χ3v) is 6.80. The van der Waals surface area contributed by atoms with Crippen LogP contribution < -0.4 is 0 Å². The van der Waals surface area contributed by atoms with E-state index >= 15 is 0 Å². The average Bonchev–Trinajstić information content (AvgIpc) is 2.89. The number of hydrogen-bond acceptors (Lipinski definition) is 0. The highest BCUT2D eigenvalue weighted by Gasteiger charge is 2.23. The molecule has 0 aliphatic heterocycles. The van der Waals surface area contributed by atoms with Crippen molar-refractivity contribution in [2.24, 2.45) is 0 Å². The molecule has 1 heterocycles. The van der Waals surface area contributed by atoms with Crippen LogP contribution in [0, 0.1) is 0 Å². The summed E-state index contributed by atoms with van der Waals surface area (Å²) < 4.78 is 2.91. The number of fused-ring (bicyclic) bond motifs is 3. The molecular weight excluding hydrogens is 296 g/mol. The minimum atomic E-state index is 0.0244. The predicted molar refractivity (Wildman–Crippen MR) is 104 cm³/mol. The van der Waals surface area contributed by atoms with Gasteiger partial charge in [-0.1, -0.05) is 57.2 Å². The van der Waals surface area contributed by atoms with Crippen molar-refractivity contribution < 1.29 is 0 Å². The van der Waals surface area contributed by atoms with Crippen LogP contribution in [0.15, 0.2) is 72.8 Å². The molecule has 0 aliphatic carbocycles. The maximum Gasteiger partial charge on any atom is 0.187 e. The molecule has 0 N–H and O–H groups in total. The lowest BCUT2D eigenvalue weighted by atomic mass is 9.87. The highest BCUT2D eigenvalue weighted by molar-refractivity contribution is 7.50. The SMILES string of the molecule is CC(C)(C)c1ccc(-[s+]2c3ccccc3c3ccccc32)cc1. The van der Waals surface area contributed by atoms with Crippen LogP contribution in [0.2, 0.25) is 0 Å². The summed E-state index contributed by atoms with van der Waals surface area (Å²) in [6.45, 7) is 6.80. The molecule has 4 aromatic rings. The van der Waals surface area contributed by atoms with Gasteiger partial charge in [-0.2, -0.15) is 0 Å². The second-order valence-electron chi connectivity index (χ2n) is 7.07. The standard InChI is InChI=1S/C22H21S/c1-22(2,3)16-12-14-17(15-13-16)23-20-10-6-4-8-18(20)19-9-5-7-11-21(19)23/h4-15H,1-3H3/q+1. The third-order valence-electron chi connectivity index (χ3n) is 4.46. The van der Waals surface area contributed by atoms with Crippen molar-refractivity contribution >= 4 is 30.6 Å². The van der Waals surface area contributed by atoms with Gasteiger partial charge in [0.1, 0.15) is 0 Å². The van der Waals surface area contributed by atoms with Gasteiger partial charge in [-0.3, -0.25) is 0 Å². The molecule has 0 fully saturated rings. The summed E-state index contributed by atoms with van der Waals surface area (Å²) >= 11 is 0. The normalized spacial score (nSPS) is 12.1. The van der Waals surface area contributed by atoms with Gasteiger partial charge in [0.15, 0.2) is 14.3 Å². The third kappa shape index (κ3) is 2.36. The van der Waals surface area contributed by atoms with Crippen LogP contribution in [0.4, 0.5) is 0 Å². The van der Waals surface area contributed by atoms with Gasteiger partial charge in [0.05, 0.1) is 0 Å². The molecule has 114 valence electrons. The van der Waals surface area contributed by atoms with E-state index in [1.165, 1.54) is 30.6 Å². The smallest absolute Gasteiger partial charge is 0.0612 e. The molecule has 23 heavy (non-hydrogen) atoms. The Hall–Kier alpha value is -2.12. The molecule has 3 aromatic carbocycles. The first-order valence-electron chi connectivity index (χ1n) is 8.09. The second kappa shape index (κ2) is 5.21. The Labute approximate surface area is 140 Å². The van der Waals surface area contributed by atoms with Crippen molar-refractivity contribution in [1.82, 2.24) is 0 Å². The van der Waals surface area contributed by atoms with Crippen LogP contribution in [-0.2, 0) is 5.41 Å². The van der Waals surface area contributed by atoms with Gasteiger partial charge >= 0.3 is 0 Å². The van der Waals surface area contributed by atoms with E-state index in [9.17, 15) is 0 Å². The Morgan fingerprint density at radius 1 is 0.609 bits per heavy atom. The zero-order valence-corrected chi connectivity index (χ0v) is 14.7. The van der Waals surface area contributed by atoms with Crippen molar-refractivity contribution in [3.63, 3.8) is 0 Å². The fraction of sp³-hybridized carbons (Fsp3) is 0.182.